The van der Waals surface area contributed by atoms with Crippen LogP contribution in [-0.4, -0.2) is 51.8 Å². The zero-order valence-corrected chi connectivity index (χ0v) is 17.7. The Labute approximate surface area is 185 Å². The smallest absolute Gasteiger partial charge is 0.354 e. The first-order chi connectivity index (χ1) is 15.6. The zero-order valence-electron chi connectivity index (χ0n) is 17.7. The van der Waals surface area contributed by atoms with Gasteiger partial charge in [-0.25, -0.2) is 18.9 Å². The van der Waals surface area contributed by atoms with Gasteiger partial charge in [-0.1, -0.05) is 6.42 Å². The van der Waals surface area contributed by atoms with E-state index >= 15 is 0 Å². The van der Waals surface area contributed by atoms with Crippen LogP contribution in [0.1, 0.15) is 54.1 Å². The molecule has 0 radical (unpaired) electrons. The quantitative estimate of drug-likeness (QED) is 0.582. The van der Waals surface area contributed by atoms with E-state index < -0.39 is 12.1 Å². The summed E-state index contributed by atoms with van der Waals surface area (Å²) in [6.07, 6.45) is 5.42. The largest absolute Gasteiger partial charge is 0.490 e. The molecule has 0 spiro atoms. The van der Waals surface area contributed by atoms with E-state index in [1.54, 1.807) is 16.9 Å². The van der Waals surface area contributed by atoms with Crippen LogP contribution in [0.25, 0.3) is 16.7 Å². The van der Waals surface area contributed by atoms with Gasteiger partial charge in [0.2, 0.25) is 0 Å². The van der Waals surface area contributed by atoms with Gasteiger partial charge in [0, 0.05) is 18.6 Å². The van der Waals surface area contributed by atoms with Crippen LogP contribution in [0.5, 0.6) is 5.75 Å². The van der Waals surface area contributed by atoms with Crippen molar-refractivity contribution in [2.75, 3.05) is 19.8 Å². The van der Waals surface area contributed by atoms with Gasteiger partial charge in [-0.05, 0) is 73.4 Å². The number of carboxylic acid groups (broad SMARTS) is 1. The van der Waals surface area contributed by atoms with Crippen molar-refractivity contribution >= 4 is 17.0 Å². The minimum absolute atomic E-state index is 0.0138. The number of carboxylic acids is 1. The fraction of sp³-hybridized carbons (Fsp3) is 0.458. The molecule has 0 bridgehead atoms. The molecule has 2 aliphatic rings. The van der Waals surface area contributed by atoms with E-state index in [2.05, 4.69) is 10.1 Å². The summed E-state index contributed by atoms with van der Waals surface area (Å²) in [5.74, 6) is -0.0109. The fourth-order valence-corrected chi connectivity index (χ4v) is 4.43. The summed E-state index contributed by atoms with van der Waals surface area (Å²) in [6.45, 7) is 1.27. The number of hydrogen-bond acceptors (Lipinski definition) is 5. The highest BCUT2D eigenvalue weighted by Crippen LogP contribution is 2.42. The van der Waals surface area contributed by atoms with Gasteiger partial charge < -0.3 is 14.6 Å². The molecule has 2 aromatic heterocycles. The number of pyridine rings is 1. The lowest BCUT2D eigenvalue weighted by molar-refractivity contribution is 0.0239. The van der Waals surface area contributed by atoms with Crippen molar-refractivity contribution in [1.82, 2.24) is 14.8 Å². The second kappa shape index (κ2) is 8.86. The molecule has 0 unspecified atom stereocenters. The summed E-state index contributed by atoms with van der Waals surface area (Å²) >= 11 is 0. The van der Waals surface area contributed by atoms with Gasteiger partial charge in [0.15, 0.2) is 11.3 Å². The molecule has 2 fully saturated rings. The van der Waals surface area contributed by atoms with E-state index in [1.807, 2.05) is 18.2 Å². The molecule has 32 heavy (non-hydrogen) atoms. The van der Waals surface area contributed by atoms with Crippen LogP contribution in [0.2, 0.25) is 0 Å². The van der Waals surface area contributed by atoms with E-state index in [-0.39, 0.29) is 18.2 Å². The molecule has 3 aromatic rings. The number of aromatic carboxylic acids is 1. The Hall–Kier alpha value is -3.00. The molecule has 1 N–H and O–H groups in total. The Morgan fingerprint density at radius 2 is 2.03 bits per heavy atom. The number of nitrogens with zero attached hydrogens (tertiary/aromatic N) is 3. The highest BCUT2D eigenvalue weighted by molar-refractivity contribution is 5.89. The van der Waals surface area contributed by atoms with Gasteiger partial charge in [-0.15, -0.1) is 0 Å². The minimum Gasteiger partial charge on any atom is -0.490 e. The number of carbonyl (C=O) groups is 1. The summed E-state index contributed by atoms with van der Waals surface area (Å²) in [5.41, 5.74) is 2.29. The number of benzene rings is 1. The van der Waals surface area contributed by atoms with Crippen LogP contribution in [0.4, 0.5) is 4.39 Å². The number of fused-ring (bicyclic) bond motifs is 1. The van der Waals surface area contributed by atoms with Crippen LogP contribution in [0.15, 0.2) is 36.5 Å². The highest BCUT2D eigenvalue weighted by atomic mass is 19.1. The number of hydrogen-bond donors (Lipinski definition) is 1. The summed E-state index contributed by atoms with van der Waals surface area (Å²) in [7, 11) is 0. The van der Waals surface area contributed by atoms with Gasteiger partial charge in [-0.3, -0.25) is 0 Å². The van der Waals surface area contributed by atoms with E-state index in [0.717, 1.165) is 48.7 Å². The van der Waals surface area contributed by atoms with Gasteiger partial charge >= 0.3 is 5.97 Å². The predicted octanol–water partition coefficient (Wildman–Crippen LogP) is 4.53. The normalized spacial score (nSPS) is 18.4. The van der Waals surface area contributed by atoms with E-state index in [1.165, 1.54) is 6.07 Å². The van der Waals surface area contributed by atoms with Crippen LogP contribution >= 0.6 is 0 Å². The summed E-state index contributed by atoms with van der Waals surface area (Å²) in [4.78, 5) is 15.6. The lowest BCUT2D eigenvalue weighted by Gasteiger charge is -2.29. The SMILES string of the molecule is O=C(O)c1ccc2cnn(-c3ccc(OC[C@H](F)C4CCOCC4)c(C4CCC4)c3)c2n1. The third-order valence-electron chi connectivity index (χ3n) is 6.60. The van der Waals surface area contributed by atoms with Crippen molar-refractivity contribution < 1.29 is 23.8 Å². The molecule has 1 atom stereocenters. The first-order valence-electron chi connectivity index (χ1n) is 11.2. The Bertz CT molecular complexity index is 1120. The molecule has 168 valence electrons. The second-order valence-corrected chi connectivity index (χ2v) is 8.60. The van der Waals surface area contributed by atoms with Crippen molar-refractivity contribution in [2.24, 2.45) is 5.92 Å². The molecule has 3 heterocycles. The lowest BCUT2D eigenvalue weighted by Crippen LogP contribution is -2.29. The maximum atomic E-state index is 14.7. The molecule has 7 nitrogen and oxygen atoms in total. The molecule has 5 rings (SSSR count). The monoisotopic (exact) mass is 439 g/mol. The standard InChI is InChI=1S/C24H26FN3O4/c25-20(16-8-10-31-11-9-16)14-32-22-7-5-18(12-19(22)15-2-1-3-15)28-23-17(13-26-28)4-6-21(27-23)24(29)30/h4-7,12-13,15-16,20H,1-3,8-11,14H2,(H,29,30)/t20-/m0/s1. The molecule has 8 heteroatoms. The van der Waals surface area contributed by atoms with Crippen LogP contribution in [-0.2, 0) is 4.74 Å². The molecule has 1 aliphatic heterocycles. The van der Waals surface area contributed by atoms with Gasteiger partial charge in [0.05, 0.1) is 11.9 Å². The van der Waals surface area contributed by atoms with Crippen molar-refractivity contribution in [3.8, 4) is 11.4 Å². The van der Waals surface area contributed by atoms with E-state index in [0.29, 0.717) is 30.5 Å². The van der Waals surface area contributed by atoms with Crippen LogP contribution in [0, 0.1) is 5.92 Å². The average molecular weight is 439 g/mol. The third-order valence-corrected chi connectivity index (χ3v) is 6.60. The molecule has 1 aromatic carbocycles. The lowest BCUT2D eigenvalue weighted by atomic mass is 9.79. The van der Waals surface area contributed by atoms with E-state index in [4.69, 9.17) is 9.47 Å². The minimum atomic E-state index is -1.08. The summed E-state index contributed by atoms with van der Waals surface area (Å²) < 4.78 is 27.7. The third kappa shape index (κ3) is 4.07. The Balaban J connectivity index is 1.42. The predicted molar refractivity (Wildman–Crippen MR) is 116 cm³/mol. The Kier molecular flexibility index (Phi) is 5.78. The van der Waals surface area contributed by atoms with Crippen molar-refractivity contribution in [3.63, 3.8) is 0 Å². The molecular formula is C24H26FN3O4. The Morgan fingerprint density at radius 3 is 2.75 bits per heavy atom. The van der Waals surface area contributed by atoms with Gasteiger partial charge in [0.1, 0.15) is 18.5 Å². The average Bonchev–Trinajstić information content (AvgIpc) is 3.20. The maximum Gasteiger partial charge on any atom is 0.354 e. The highest BCUT2D eigenvalue weighted by Gasteiger charge is 2.27. The number of rotatable bonds is 7. The summed E-state index contributed by atoms with van der Waals surface area (Å²) in [6, 6.07) is 8.92. The Morgan fingerprint density at radius 1 is 1.22 bits per heavy atom. The van der Waals surface area contributed by atoms with Crippen LogP contribution in [0.3, 0.4) is 0 Å². The molecule has 0 amide bonds. The van der Waals surface area contributed by atoms with Crippen molar-refractivity contribution in [1.29, 1.82) is 0 Å². The molecule has 1 saturated carbocycles. The number of alkyl halides is 1. The maximum absolute atomic E-state index is 14.7. The molecule has 1 aliphatic carbocycles. The fourth-order valence-electron chi connectivity index (χ4n) is 4.43. The molecule has 1 saturated heterocycles. The zero-order chi connectivity index (χ0) is 22.1. The number of aromatic nitrogens is 3. The van der Waals surface area contributed by atoms with Crippen molar-refractivity contribution in [3.05, 3.63) is 47.8 Å². The second-order valence-electron chi connectivity index (χ2n) is 8.60. The molecular weight excluding hydrogens is 413 g/mol. The number of ether oxygens (including phenoxy) is 2. The van der Waals surface area contributed by atoms with Gasteiger partial charge in [-0.2, -0.15) is 5.10 Å². The van der Waals surface area contributed by atoms with E-state index in [9.17, 15) is 14.3 Å². The first-order valence-corrected chi connectivity index (χ1v) is 11.2. The van der Waals surface area contributed by atoms with Crippen molar-refractivity contribution in [2.45, 2.75) is 44.2 Å². The number of halogens is 1. The van der Waals surface area contributed by atoms with Gasteiger partial charge in [0.25, 0.3) is 0 Å². The summed E-state index contributed by atoms with van der Waals surface area (Å²) in [5, 5.41) is 14.5. The first kappa shape index (κ1) is 20.9. The van der Waals surface area contributed by atoms with Crippen LogP contribution < -0.4 is 4.74 Å². The topological polar surface area (TPSA) is 86.5 Å².